The Labute approximate surface area is 185 Å². The molecule has 0 saturated carbocycles. The van der Waals surface area contributed by atoms with Crippen molar-refractivity contribution in [2.75, 3.05) is 19.6 Å². The number of benzene rings is 3. The topological polar surface area (TPSA) is 3.24 Å². The number of hydrogen-bond donors (Lipinski definition) is 0. The van der Waals surface area contributed by atoms with E-state index in [9.17, 15) is 13.2 Å². The summed E-state index contributed by atoms with van der Waals surface area (Å²) in [5, 5.41) is 0.763. The first-order valence-electron chi connectivity index (χ1n) is 10.3. The molecule has 1 nitrogen and oxygen atoms in total. The predicted octanol–water partition coefficient (Wildman–Crippen LogP) is 7.36. The smallest absolute Gasteiger partial charge is 0.299 e. The maximum Gasteiger partial charge on any atom is 0.416 e. The summed E-state index contributed by atoms with van der Waals surface area (Å²) in [4.78, 5) is 2.30. The van der Waals surface area contributed by atoms with Gasteiger partial charge in [-0.05, 0) is 58.9 Å². The Hall–Kier alpha value is -2.56. The lowest BCUT2D eigenvalue weighted by Crippen LogP contribution is -2.30. The van der Waals surface area contributed by atoms with Crippen LogP contribution < -0.4 is 0 Å². The van der Waals surface area contributed by atoms with Gasteiger partial charge in [-0.2, -0.15) is 13.2 Å². The molecule has 0 saturated heterocycles. The van der Waals surface area contributed by atoms with Crippen molar-refractivity contribution in [3.05, 3.63) is 101 Å². The standard InChI is InChI=1S/C26H23ClF3N/c27-25-18-23(19-5-2-1-3-6-19)10-9-21(25)13-16-31-14-11-20(12-15-31)22-7-4-8-24(17-22)26(28,29)30/h1-11,17-18H,12-16H2. The van der Waals surface area contributed by atoms with E-state index in [2.05, 4.69) is 29.2 Å². The lowest BCUT2D eigenvalue weighted by Gasteiger charge is -2.27. The summed E-state index contributed by atoms with van der Waals surface area (Å²) < 4.78 is 38.9. The average Bonchev–Trinajstić information content (AvgIpc) is 2.79. The molecule has 31 heavy (non-hydrogen) atoms. The van der Waals surface area contributed by atoms with Gasteiger partial charge in [0.15, 0.2) is 0 Å². The molecule has 5 heteroatoms. The minimum absolute atomic E-state index is 0.595. The minimum atomic E-state index is -4.31. The maximum atomic E-state index is 13.0. The van der Waals surface area contributed by atoms with Crippen molar-refractivity contribution < 1.29 is 13.2 Å². The fourth-order valence-corrected chi connectivity index (χ4v) is 4.19. The largest absolute Gasteiger partial charge is 0.416 e. The molecule has 0 atom stereocenters. The van der Waals surface area contributed by atoms with Crippen LogP contribution in [0, 0.1) is 0 Å². The molecule has 0 aliphatic carbocycles. The Morgan fingerprint density at radius 3 is 2.29 bits per heavy atom. The highest BCUT2D eigenvalue weighted by molar-refractivity contribution is 6.31. The third-order valence-electron chi connectivity index (χ3n) is 5.71. The van der Waals surface area contributed by atoms with Crippen LogP contribution in [0.1, 0.15) is 23.1 Å². The molecular weight excluding hydrogens is 419 g/mol. The first kappa shape index (κ1) is 21.7. The van der Waals surface area contributed by atoms with E-state index in [1.54, 1.807) is 6.07 Å². The van der Waals surface area contributed by atoms with Crippen molar-refractivity contribution in [1.82, 2.24) is 4.90 Å². The SMILES string of the molecule is FC(F)(F)c1cccc(C2=CCN(CCc3ccc(-c4ccccc4)cc3Cl)CC2)c1. The summed E-state index contributed by atoms with van der Waals surface area (Å²) in [5.74, 6) is 0. The second kappa shape index (κ2) is 9.29. The molecule has 0 fully saturated rings. The van der Waals surface area contributed by atoms with E-state index < -0.39 is 11.7 Å². The predicted molar refractivity (Wildman–Crippen MR) is 121 cm³/mol. The van der Waals surface area contributed by atoms with Gasteiger partial charge in [-0.1, -0.05) is 72.3 Å². The van der Waals surface area contributed by atoms with Crippen LogP contribution in [0.15, 0.2) is 78.9 Å². The van der Waals surface area contributed by atoms with E-state index in [4.69, 9.17) is 11.6 Å². The van der Waals surface area contributed by atoms with Crippen LogP contribution in [0.5, 0.6) is 0 Å². The molecule has 0 radical (unpaired) electrons. The van der Waals surface area contributed by atoms with E-state index in [-0.39, 0.29) is 0 Å². The van der Waals surface area contributed by atoms with Crippen LogP contribution in [0.4, 0.5) is 13.2 Å². The molecule has 160 valence electrons. The Morgan fingerprint density at radius 2 is 1.61 bits per heavy atom. The average molecular weight is 442 g/mol. The molecule has 1 aliphatic heterocycles. The third-order valence-corrected chi connectivity index (χ3v) is 6.06. The van der Waals surface area contributed by atoms with Crippen molar-refractivity contribution in [2.45, 2.75) is 19.0 Å². The highest BCUT2D eigenvalue weighted by atomic mass is 35.5. The number of nitrogens with zero attached hydrogens (tertiary/aromatic N) is 1. The third kappa shape index (κ3) is 5.38. The zero-order valence-electron chi connectivity index (χ0n) is 17.0. The van der Waals surface area contributed by atoms with Gasteiger partial charge in [-0.3, -0.25) is 4.90 Å². The van der Waals surface area contributed by atoms with E-state index in [1.165, 1.54) is 12.1 Å². The van der Waals surface area contributed by atoms with Crippen molar-refractivity contribution in [3.8, 4) is 11.1 Å². The number of alkyl halides is 3. The molecular formula is C26H23ClF3N. The second-order valence-corrected chi connectivity index (χ2v) is 8.19. The minimum Gasteiger partial charge on any atom is -0.299 e. The van der Waals surface area contributed by atoms with Crippen LogP contribution in [-0.2, 0) is 12.6 Å². The van der Waals surface area contributed by atoms with Gasteiger partial charge in [0.05, 0.1) is 5.56 Å². The summed E-state index contributed by atoms with van der Waals surface area (Å²) in [5.41, 5.74) is 4.39. The van der Waals surface area contributed by atoms with Crippen LogP contribution in [-0.4, -0.2) is 24.5 Å². The van der Waals surface area contributed by atoms with Gasteiger partial charge in [-0.15, -0.1) is 0 Å². The Kier molecular flexibility index (Phi) is 6.49. The normalized spacial score (nSPS) is 15.0. The molecule has 0 aromatic heterocycles. The molecule has 0 bridgehead atoms. The fraction of sp³-hybridized carbons (Fsp3) is 0.231. The van der Waals surface area contributed by atoms with Gasteiger partial charge < -0.3 is 0 Å². The Balaban J connectivity index is 1.37. The second-order valence-electron chi connectivity index (χ2n) is 7.78. The maximum absolute atomic E-state index is 13.0. The molecule has 4 rings (SSSR count). The molecule has 3 aromatic carbocycles. The van der Waals surface area contributed by atoms with Crippen LogP contribution in [0.25, 0.3) is 16.7 Å². The van der Waals surface area contributed by atoms with Gasteiger partial charge in [0.1, 0.15) is 0 Å². The molecule has 0 unspecified atom stereocenters. The van der Waals surface area contributed by atoms with Crippen molar-refractivity contribution in [2.24, 2.45) is 0 Å². The van der Waals surface area contributed by atoms with Crippen LogP contribution in [0.3, 0.4) is 0 Å². The van der Waals surface area contributed by atoms with Gasteiger partial charge in [-0.25, -0.2) is 0 Å². The fourth-order valence-electron chi connectivity index (χ4n) is 3.91. The summed E-state index contributed by atoms with van der Waals surface area (Å²) >= 11 is 6.53. The number of rotatable bonds is 5. The number of halogens is 4. The summed E-state index contributed by atoms with van der Waals surface area (Å²) in [6, 6.07) is 21.9. The molecule has 1 aliphatic rings. The molecule has 0 N–H and O–H groups in total. The van der Waals surface area contributed by atoms with Gasteiger partial charge in [0, 0.05) is 24.7 Å². The number of hydrogen-bond acceptors (Lipinski definition) is 1. The van der Waals surface area contributed by atoms with E-state index >= 15 is 0 Å². The van der Waals surface area contributed by atoms with E-state index in [1.807, 2.05) is 30.3 Å². The van der Waals surface area contributed by atoms with E-state index in [0.29, 0.717) is 5.56 Å². The summed E-state index contributed by atoms with van der Waals surface area (Å²) in [7, 11) is 0. The summed E-state index contributed by atoms with van der Waals surface area (Å²) in [6.07, 6.45) is -0.700. The highest BCUT2D eigenvalue weighted by Gasteiger charge is 2.30. The monoisotopic (exact) mass is 441 g/mol. The first-order chi connectivity index (χ1) is 14.9. The molecule has 1 heterocycles. The molecule has 3 aromatic rings. The Morgan fingerprint density at radius 1 is 0.839 bits per heavy atom. The van der Waals surface area contributed by atoms with Crippen molar-refractivity contribution in [1.29, 1.82) is 0 Å². The first-order valence-corrected chi connectivity index (χ1v) is 10.7. The Bertz CT molecular complexity index is 1070. The molecule has 0 spiro atoms. The zero-order valence-corrected chi connectivity index (χ0v) is 17.8. The molecule has 0 amide bonds. The van der Waals surface area contributed by atoms with E-state index in [0.717, 1.165) is 65.8 Å². The lowest BCUT2D eigenvalue weighted by molar-refractivity contribution is -0.137. The van der Waals surface area contributed by atoms with Gasteiger partial charge in [0.2, 0.25) is 0 Å². The van der Waals surface area contributed by atoms with Crippen LogP contribution >= 0.6 is 11.6 Å². The zero-order chi connectivity index (χ0) is 21.8. The van der Waals surface area contributed by atoms with Crippen molar-refractivity contribution in [3.63, 3.8) is 0 Å². The van der Waals surface area contributed by atoms with Gasteiger partial charge in [0.25, 0.3) is 0 Å². The van der Waals surface area contributed by atoms with Crippen LogP contribution in [0.2, 0.25) is 5.02 Å². The highest BCUT2D eigenvalue weighted by Crippen LogP contribution is 2.32. The van der Waals surface area contributed by atoms with Gasteiger partial charge >= 0.3 is 6.18 Å². The quantitative estimate of drug-likeness (QED) is 0.400. The van der Waals surface area contributed by atoms with Crippen molar-refractivity contribution >= 4 is 17.2 Å². The lowest BCUT2D eigenvalue weighted by atomic mass is 9.97. The summed E-state index contributed by atoms with van der Waals surface area (Å²) in [6.45, 7) is 2.41.